The van der Waals surface area contributed by atoms with E-state index in [4.69, 9.17) is 4.52 Å². The monoisotopic (exact) mass is 264 g/mol. The zero-order valence-electron chi connectivity index (χ0n) is 10.3. The van der Waals surface area contributed by atoms with Gasteiger partial charge in [0.05, 0.1) is 12.6 Å². The van der Waals surface area contributed by atoms with E-state index in [1.165, 1.54) is 12.8 Å². The van der Waals surface area contributed by atoms with Gasteiger partial charge in [0.1, 0.15) is 5.01 Å². The Morgan fingerprint density at radius 2 is 2.44 bits per heavy atom. The molecule has 1 aliphatic carbocycles. The third-order valence-corrected chi connectivity index (χ3v) is 3.96. The highest BCUT2D eigenvalue weighted by atomic mass is 32.1. The summed E-state index contributed by atoms with van der Waals surface area (Å²) in [6, 6.07) is 0.271. The van der Waals surface area contributed by atoms with Crippen LogP contribution in [0.15, 0.2) is 16.1 Å². The summed E-state index contributed by atoms with van der Waals surface area (Å²) < 4.78 is 5.23. The van der Waals surface area contributed by atoms with Crippen molar-refractivity contribution in [1.29, 1.82) is 0 Å². The second-order valence-electron chi connectivity index (χ2n) is 4.54. The van der Waals surface area contributed by atoms with E-state index in [9.17, 15) is 0 Å². The van der Waals surface area contributed by atoms with E-state index in [1.54, 1.807) is 11.3 Å². The van der Waals surface area contributed by atoms with Gasteiger partial charge in [0.15, 0.2) is 5.82 Å². The highest BCUT2D eigenvalue weighted by Crippen LogP contribution is 2.38. The Bertz CT molecular complexity index is 492. The molecule has 96 valence electrons. The van der Waals surface area contributed by atoms with Crippen LogP contribution in [0.25, 0.3) is 0 Å². The summed E-state index contributed by atoms with van der Waals surface area (Å²) in [5, 5.41) is 10.5. The predicted octanol–water partition coefficient (Wildman–Crippen LogP) is 2.64. The van der Waals surface area contributed by atoms with Crippen molar-refractivity contribution >= 4 is 11.3 Å². The van der Waals surface area contributed by atoms with Gasteiger partial charge in [-0.1, -0.05) is 12.1 Å². The van der Waals surface area contributed by atoms with Gasteiger partial charge in [-0.15, -0.1) is 11.3 Å². The second kappa shape index (κ2) is 5.16. The van der Waals surface area contributed by atoms with Crippen LogP contribution in [0.2, 0.25) is 0 Å². The van der Waals surface area contributed by atoms with Crippen molar-refractivity contribution in [3.05, 3.63) is 28.3 Å². The van der Waals surface area contributed by atoms with Crippen LogP contribution in [-0.4, -0.2) is 15.1 Å². The average molecular weight is 264 g/mol. The van der Waals surface area contributed by atoms with Crippen molar-refractivity contribution in [1.82, 2.24) is 20.4 Å². The van der Waals surface area contributed by atoms with Gasteiger partial charge in [-0.2, -0.15) is 4.98 Å². The van der Waals surface area contributed by atoms with E-state index in [0.717, 1.165) is 23.1 Å². The third kappa shape index (κ3) is 2.59. The predicted molar refractivity (Wildman–Crippen MR) is 68.3 cm³/mol. The molecule has 18 heavy (non-hydrogen) atoms. The van der Waals surface area contributed by atoms with E-state index in [-0.39, 0.29) is 6.04 Å². The Morgan fingerprint density at radius 3 is 3.11 bits per heavy atom. The topological polar surface area (TPSA) is 63.8 Å². The summed E-state index contributed by atoms with van der Waals surface area (Å²) in [7, 11) is 0. The van der Waals surface area contributed by atoms with Gasteiger partial charge >= 0.3 is 0 Å². The summed E-state index contributed by atoms with van der Waals surface area (Å²) in [6.07, 6.45) is 5.21. The van der Waals surface area contributed by atoms with Crippen LogP contribution in [-0.2, 0) is 6.54 Å². The van der Waals surface area contributed by atoms with Gasteiger partial charge in [0, 0.05) is 17.5 Å². The first-order valence-corrected chi connectivity index (χ1v) is 7.20. The Hall–Kier alpha value is -1.27. The molecule has 1 fully saturated rings. The molecule has 5 nitrogen and oxygen atoms in total. The molecule has 1 aliphatic rings. The van der Waals surface area contributed by atoms with Crippen LogP contribution in [0, 0.1) is 0 Å². The fourth-order valence-electron chi connectivity index (χ4n) is 1.86. The molecule has 3 rings (SSSR count). The zero-order chi connectivity index (χ0) is 12.4. The fourth-order valence-corrected chi connectivity index (χ4v) is 2.66. The van der Waals surface area contributed by atoms with Gasteiger partial charge in [0.25, 0.3) is 0 Å². The number of hydrogen-bond donors (Lipinski definition) is 1. The van der Waals surface area contributed by atoms with Crippen molar-refractivity contribution in [3.63, 3.8) is 0 Å². The van der Waals surface area contributed by atoms with E-state index in [2.05, 4.69) is 27.4 Å². The van der Waals surface area contributed by atoms with Crippen LogP contribution in [0.1, 0.15) is 54.9 Å². The third-order valence-electron chi connectivity index (χ3n) is 3.07. The molecule has 0 spiro atoms. The molecule has 1 atom stereocenters. The van der Waals surface area contributed by atoms with Crippen LogP contribution in [0.5, 0.6) is 0 Å². The smallest absolute Gasteiger partial charge is 0.229 e. The molecule has 0 bridgehead atoms. The molecule has 2 aromatic heterocycles. The Kier molecular flexibility index (Phi) is 3.38. The van der Waals surface area contributed by atoms with Gasteiger partial charge in [-0.25, -0.2) is 4.98 Å². The first-order chi connectivity index (χ1) is 8.86. The standard InChI is InChI=1S/C12H16N4OS/c1-2-9(12-13-5-6-18-12)14-7-10-15-11(17-16-10)8-3-4-8/h5-6,8-9,14H,2-4,7H2,1H3/t9-/m0/s1. The summed E-state index contributed by atoms with van der Waals surface area (Å²) in [4.78, 5) is 8.74. The summed E-state index contributed by atoms with van der Waals surface area (Å²) >= 11 is 1.67. The molecule has 0 radical (unpaired) electrons. The van der Waals surface area contributed by atoms with E-state index in [0.29, 0.717) is 12.5 Å². The number of hydrogen-bond acceptors (Lipinski definition) is 6. The van der Waals surface area contributed by atoms with E-state index >= 15 is 0 Å². The van der Waals surface area contributed by atoms with Crippen LogP contribution < -0.4 is 5.32 Å². The number of nitrogens with zero attached hydrogens (tertiary/aromatic N) is 3. The molecule has 2 heterocycles. The van der Waals surface area contributed by atoms with Gasteiger partial charge in [-0.3, -0.25) is 0 Å². The quantitative estimate of drug-likeness (QED) is 0.869. The molecule has 2 aromatic rings. The molecular weight excluding hydrogens is 248 g/mol. The van der Waals surface area contributed by atoms with E-state index < -0.39 is 0 Å². The molecule has 0 aliphatic heterocycles. The molecular formula is C12H16N4OS. The first kappa shape index (κ1) is 11.8. The highest BCUT2D eigenvalue weighted by Gasteiger charge is 2.29. The lowest BCUT2D eigenvalue weighted by Crippen LogP contribution is -2.20. The Labute approximate surface area is 110 Å². The molecule has 0 unspecified atom stereocenters. The molecule has 0 saturated heterocycles. The van der Waals surface area contributed by atoms with Crippen molar-refractivity contribution < 1.29 is 4.52 Å². The van der Waals surface area contributed by atoms with Crippen LogP contribution in [0.4, 0.5) is 0 Å². The maximum absolute atomic E-state index is 5.23. The van der Waals surface area contributed by atoms with Crippen molar-refractivity contribution in [2.75, 3.05) is 0 Å². The minimum Gasteiger partial charge on any atom is -0.339 e. The number of aromatic nitrogens is 3. The molecule has 0 amide bonds. The minimum absolute atomic E-state index is 0.271. The number of rotatable bonds is 6. The van der Waals surface area contributed by atoms with Crippen molar-refractivity contribution in [2.24, 2.45) is 0 Å². The average Bonchev–Trinajstić information content (AvgIpc) is 2.93. The second-order valence-corrected chi connectivity index (χ2v) is 5.46. The molecule has 0 aromatic carbocycles. The molecule has 6 heteroatoms. The summed E-state index contributed by atoms with van der Waals surface area (Å²) in [5.74, 6) is 2.06. The first-order valence-electron chi connectivity index (χ1n) is 6.32. The molecule has 1 N–H and O–H groups in total. The Balaban J connectivity index is 1.58. The highest BCUT2D eigenvalue weighted by molar-refractivity contribution is 7.09. The SMILES string of the molecule is CC[C@H](NCc1noc(C2CC2)n1)c1nccs1. The minimum atomic E-state index is 0.271. The molecule has 1 saturated carbocycles. The van der Waals surface area contributed by atoms with Crippen molar-refractivity contribution in [3.8, 4) is 0 Å². The lowest BCUT2D eigenvalue weighted by molar-refractivity contribution is 0.370. The van der Waals surface area contributed by atoms with Crippen LogP contribution >= 0.6 is 11.3 Å². The summed E-state index contributed by atoms with van der Waals surface area (Å²) in [5.41, 5.74) is 0. The maximum atomic E-state index is 5.23. The van der Waals surface area contributed by atoms with Gasteiger partial charge in [0.2, 0.25) is 5.89 Å². The van der Waals surface area contributed by atoms with Gasteiger partial charge in [-0.05, 0) is 19.3 Å². The lowest BCUT2D eigenvalue weighted by Gasteiger charge is -2.12. The summed E-state index contributed by atoms with van der Waals surface area (Å²) in [6.45, 7) is 2.78. The Morgan fingerprint density at radius 1 is 1.56 bits per heavy atom. The maximum Gasteiger partial charge on any atom is 0.229 e. The van der Waals surface area contributed by atoms with Gasteiger partial charge < -0.3 is 9.84 Å². The van der Waals surface area contributed by atoms with E-state index in [1.807, 2.05) is 11.6 Å². The largest absolute Gasteiger partial charge is 0.339 e. The van der Waals surface area contributed by atoms with Crippen molar-refractivity contribution in [2.45, 2.75) is 44.7 Å². The van der Waals surface area contributed by atoms with Crippen LogP contribution in [0.3, 0.4) is 0 Å². The number of nitrogens with one attached hydrogen (secondary N) is 1. The number of thiazole rings is 1. The fraction of sp³-hybridized carbons (Fsp3) is 0.583. The zero-order valence-corrected chi connectivity index (χ0v) is 11.1. The lowest BCUT2D eigenvalue weighted by atomic mass is 10.2. The normalized spacial score (nSPS) is 16.9.